The van der Waals surface area contributed by atoms with Crippen molar-refractivity contribution in [3.8, 4) is 5.75 Å². The van der Waals surface area contributed by atoms with Gasteiger partial charge in [-0.15, -0.1) is 12.4 Å². The number of hydrogen-bond donors (Lipinski definition) is 2. The predicted molar refractivity (Wildman–Crippen MR) is 83.8 cm³/mol. The summed E-state index contributed by atoms with van der Waals surface area (Å²) >= 11 is 0. The van der Waals surface area contributed by atoms with Crippen molar-refractivity contribution in [1.82, 2.24) is 5.32 Å². The van der Waals surface area contributed by atoms with E-state index in [1.165, 1.54) is 0 Å². The van der Waals surface area contributed by atoms with Gasteiger partial charge in [0.15, 0.2) is 0 Å². The molecule has 1 heterocycles. The van der Waals surface area contributed by atoms with Crippen LogP contribution in [-0.2, 0) is 9.53 Å². The number of methoxy groups -OCH3 is 1. The second kappa shape index (κ2) is 8.87. The Hall–Kier alpha value is -1.30. The van der Waals surface area contributed by atoms with Crippen LogP contribution in [0.3, 0.4) is 0 Å². The monoisotopic (exact) mass is 314 g/mol. The molecule has 1 aromatic rings. The summed E-state index contributed by atoms with van der Waals surface area (Å²) in [4.78, 5) is 12.1. The van der Waals surface area contributed by atoms with Crippen LogP contribution in [0.1, 0.15) is 30.9 Å². The van der Waals surface area contributed by atoms with Gasteiger partial charge in [0.1, 0.15) is 5.75 Å². The van der Waals surface area contributed by atoms with E-state index in [1.807, 2.05) is 24.3 Å². The van der Waals surface area contributed by atoms with Gasteiger partial charge >= 0.3 is 0 Å². The van der Waals surface area contributed by atoms with Crippen LogP contribution in [0.5, 0.6) is 5.75 Å². The zero-order valence-electron chi connectivity index (χ0n) is 12.2. The minimum absolute atomic E-state index is 0. The minimum Gasteiger partial charge on any atom is -0.493 e. The van der Waals surface area contributed by atoms with Crippen molar-refractivity contribution >= 4 is 18.3 Å². The third kappa shape index (κ3) is 4.88. The highest BCUT2D eigenvalue weighted by Crippen LogP contribution is 2.31. The third-order valence-corrected chi connectivity index (χ3v) is 3.53. The quantitative estimate of drug-likeness (QED) is 0.869. The van der Waals surface area contributed by atoms with E-state index in [0.717, 1.165) is 24.2 Å². The second-order valence-electron chi connectivity index (χ2n) is 4.95. The Morgan fingerprint density at radius 2 is 2.29 bits per heavy atom. The summed E-state index contributed by atoms with van der Waals surface area (Å²) in [5, 5.41) is 3.06. The van der Waals surface area contributed by atoms with Gasteiger partial charge < -0.3 is 20.5 Å². The highest BCUT2D eigenvalue weighted by atomic mass is 35.5. The molecule has 0 saturated heterocycles. The molecule has 1 amide bonds. The molecule has 5 nitrogen and oxygen atoms in total. The maximum absolute atomic E-state index is 12.1. The van der Waals surface area contributed by atoms with Crippen LogP contribution in [0.4, 0.5) is 0 Å². The zero-order chi connectivity index (χ0) is 14.4. The van der Waals surface area contributed by atoms with Crippen LogP contribution >= 0.6 is 12.4 Å². The maximum atomic E-state index is 12.1. The topological polar surface area (TPSA) is 73.6 Å². The predicted octanol–water partition coefficient (Wildman–Crippen LogP) is 1.80. The van der Waals surface area contributed by atoms with Gasteiger partial charge in [0.25, 0.3) is 0 Å². The molecule has 21 heavy (non-hydrogen) atoms. The van der Waals surface area contributed by atoms with Gasteiger partial charge in [-0.1, -0.05) is 18.2 Å². The molecule has 0 fully saturated rings. The van der Waals surface area contributed by atoms with Crippen molar-refractivity contribution < 1.29 is 14.3 Å². The second-order valence-corrected chi connectivity index (χ2v) is 4.95. The number of hydrogen-bond acceptors (Lipinski definition) is 4. The van der Waals surface area contributed by atoms with Crippen LogP contribution in [0.15, 0.2) is 24.3 Å². The molecular formula is C15H23ClN2O3. The fourth-order valence-electron chi connectivity index (χ4n) is 2.40. The van der Waals surface area contributed by atoms with E-state index in [2.05, 4.69) is 5.32 Å². The fraction of sp³-hybridized carbons (Fsp3) is 0.533. The summed E-state index contributed by atoms with van der Waals surface area (Å²) in [6, 6.07) is 7.85. The van der Waals surface area contributed by atoms with Crippen LogP contribution in [0, 0.1) is 0 Å². The van der Waals surface area contributed by atoms with Gasteiger partial charge in [0, 0.05) is 19.2 Å². The first-order valence-electron chi connectivity index (χ1n) is 6.98. The zero-order valence-corrected chi connectivity index (χ0v) is 13.0. The summed E-state index contributed by atoms with van der Waals surface area (Å²) in [6.07, 6.45) is 1.85. The number of benzene rings is 1. The molecule has 0 saturated carbocycles. The molecule has 2 atom stereocenters. The average molecular weight is 315 g/mol. The lowest BCUT2D eigenvalue weighted by Crippen LogP contribution is -2.34. The molecule has 6 heteroatoms. The number of halogens is 1. The minimum atomic E-state index is -0.229. The van der Waals surface area contributed by atoms with E-state index in [9.17, 15) is 4.79 Å². The number of fused-ring (bicyclic) bond motifs is 1. The number of nitrogens with one attached hydrogen (secondary N) is 1. The van der Waals surface area contributed by atoms with Crippen molar-refractivity contribution in [2.45, 2.75) is 31.4 Å². The Bertz CT molecular complexity index is 452. The highest BCUT2D eigenvalue weighted by molar-refractivity contribution is 5.85. The van der Waals surface area contributed by atoms with Crippen molar-refractivity contribution in [2.75, 3.05) is 20.3 Å². The van der Waals surface area contributed by atoms with Gasteiger partial charge in [-0.05, 0) is 18.9 Å². The summed E-state index contributed by atoms with van der Waals surface area (Å²) < 4.78 is 10.8. The normalized spacial score (nSPS) is 18.5. The summed E-state index contributed by atoms with van der Waals surface area (Å²) in [5.74, 6) is 0.821. The lowest BCUT2D eigenvalue weighted by Gasteiger charge is -2.20. The van der Waals surface area contributed by atoms with E-state index in [0.29, 0.717) is 13.2 Å². The molecule has 0 bridgehead atoms. The standard InChI is InChI=1S/C15H22N2O3.ClH/c1-19-11(10-16)9-15(18)17-13-6-4-8-20-14-7-3-2-5-12(13)14;/h2-3,5,7,11,13H,4,6,8-10,16H2,1H3,(H,17,18);1H. The third-order valence-electron chi connectivity index (χ3n) is 3.53. The SMILES string of the molecule is COC(CN)CC(=O)NC1CCCOc2ccccc21.Cl. The van der Waals surface area contributed by atoms with Crippen LogP contribution in [0.2, 0.25) is 0 Å². The Balaban J connectivity index is 0.00000220. The van der Waals surface area contributed by atoms with E-state index in [1.54, 1.807) is 7.11 Å². The van der Waals surface area contributed by atoms with Crippen molar-refractivity contribution in [1.29, 1.82) is 0 Å². The molecule has 3 N–H and O–H groups in total. The molecule has 1 aliphatic rings. The lowest BCUT2D eigenvalue weighted by atomic mass is 10.0. The lowest BCUT2D eigenvalue weighted by molar-refractivity contribution is -0.124. The first-order chi connectivity index (χ1) is 9.74. The van der Waals surface area contributed by atoms with Gasteiger partial charge in [0.2, 0.25) is 5.91 Å². The van der Waals surface area contributed by atoms with Crippen molar-refractivity contribution in [3.05, 3.63) is 29.8 Å². The number of para-hydroxylation sites is 1. The molecule has 1 aliphatic heterocycles. The van der Waals surface area contributed by atoms with E-state index in [-0.39, 0.29) is 36.9 Å². The van der Waals surface area contributed by atoms with Crippen LogP contribution in [-0.4, -0.2) is 32.3 Å². The fourth-order valence-corrected chi connectivity index (χ4v) is 2.40. The van der Waals surface area contributed by atoms with E-state index < -0.39 is 0 Å². The summed E-state index contributed by atoms with van der Waals surface area (Å²) in [7, 11) is 1.57. The summed E-state index contributed by atoms with van der Waals surface area (Å²) in [6.45, 7) is 1.03. The molecule has 0 aromatic heterocycles. The Morgan fingerprint density at radius 1 is 1.52 bits per heavy atom. The molecule has 1 aromatic carbocycles. The molecule has 0 radical (unpaired) electrons. The molecule has 118 valence electrons. The molecule has 2 unspecified atom stereocenters. The van der Waals surface area contributed by atoms with Gasteiger partial charge in [-0.3, -0.25) is 4.79 Å². The molecular weight excluding hydrogens is 292 g/mol. The largest absolute Gasteiger partial charge is 0.493 e. The highest BCUT2D eigenvalue weighted by Gasteiger charge is 2.22. The number of nitrogens with two attached hydrogens (primary N) is 1. The van der Waals surface area contributed by atoms with Gasteiger partial charge in [-0.2, -0.15) is 0 Å². The molecule has 0 aliphatic carbocycles. The molecule has 0 spiro atoms. The first kappa shape index (κ1) is 17.8. The average Bonchev–Trinajstić information content (AvgIpc) is 2.67. The first-order valence-corrected chi connectivity index (χ1v) is 6.98. The van der Waals surface area contributed by atoms with Gasteiger partial charge in [0.05, 0.1) is 25.2 Å². The maximum Gasteiger partial charge on any atom is 0.223 e. The van der Waals surface area contributed by atoms with Crippen LogP contribution in [0.25, 0.3) is 0 Å². The number of amides is 1. The van der Waals surface area contributed by atoms with Crippen molar-refractivity contribution in [2.24, 2.45) is 5.73 Å². The Morgan fingerprint density at radius 3 is 3.00 bits per heavy atom. The number of carbonyl (C=O) groups excluding carboxylic acids is 1. The van der Waals surface area contributed by atoms with E-state index in [4.69, 9.17) is 15.2 Å². The Kier molecular flexibility index (Phi) is 7.50. The van der Waals surface area contributed by atoms with Gasteiger partial charge in [-0.25, -0.2) is 0 Å². The number of rotatable bonds is 5. The van der Waals surface area contributed by atoms with Crippen molar-refractivity contribution in [3.63, 3.8) is 0 Å². The molecule has 2 rings (SSSR count). The smallest absolute Gasteiger partial charge is 0.223 e. The Labute approximate surface area is 131 Å². The number of carbonyl (C=O) groups is 1. The summed E-state index contributed by atoms with van der Waals surface area (Å²) in [5.41, 5.74) is 6.58. The van der Waals surface area contributed by atoms with Crippen LogP contribution < -0.4 is 15.8 Å². The number of ether oxygens (including phenoxy) is 2. The van der Waals surface area contributed by atoms with E-state index >= 15 is 0 Å².